The predicted octanol–water partition coefficient (Wildman–Crippen LogP) is 2.93. The molecule has 0 saturated carbocycles. The highest BCUT2D eigenvalue weighted by molar-refractivity contribution is 6.29. The Balaban J connectivity index is 2.64. The van der Waals surface area contributed by atoms with Crippen LogP contribution in [-0.2, 0) is 0 Å². The number of nitrogens with zero attached hydrogens (tertiary/aromatic N) is 2. The van der Waals surface area contributed by atoms with Gasteiger partial charge in [-0.1, -0.05) is 25.4 Å². The molecule has 0 aliphatic carbocycles. The van der Waals surface area contributed by atoms with Gasteiger partial charge >= 0.3 is 0 Å². The highest BCUT2D eigenvalue weighted by atomic mass is 35.5. The summed E-state index contributed by atoms with van der Waals surface area (Å²) in [7, 11) is 2.04. The first-order valence-corrected chi connectivity index (χ1v) is 7.35. The molecule has 0 aliphatic rings. The van der Waals surface area contributed by atoms with E-state index in [1.807, 2.05) is 20.9 Å². The predicted molar refractivity (Wildman–Crippen MR) is 83.4 cm³/mol. The van der Waals surface area contributed by atoms with Gasteiger partial charge in [-0.2, -0.15) is 0 Å². The Labute approximate surface area is 126 Å². The van der Waals surface area contributed by atoms with Crippen LogP contribution in [0.5, 0.6) is 0 Å². The largest absolute Gasteiger partial charge is 0.351 e. The Bertz CT molecular complexity index is 460. The maximum atomic E-state index is 12.1. The highest BCUT2D eigenvalue weighted by Crippen LogP contribution is 2.17. The van der Waals surface area contributed by atoms with Crippen LogP contribution in [0, 0.1) is 0 Å². The number of amides is 1. The summed E-state index contributed by atoms with van der Waals surface area (Å²) in [5.74, 6) is 0.140. The van der Waals surface area contributed by atoms with Crippen molar-refractivity contribution in [2.45, 2.75) is 39.7 Å². The van der Waals surface area contributed by atoms with Crippen molar-refractivity contribution in [3.8, 4) is 0 Å². The van der Waals surface area contributed by atoms with Crippen LogP contribution < -0.4 is 5.32 Å². The fourth-order valence-electron chi connectivity index (χ4n) is 1.65. The van der Waals surface area contributed by atoms with Crippen LogP contribution in [0.15, 0.2) is 12.1 Å². The van der Waals surface area contributed by atoms with Gasteiger partial charge in [0, 0.05) is 30.4 Å². The number of rotatable bonds is 6. The average molecular weight is 298 g/mol. The summed E-state index contributed by atoms with van der Waals surface area (Å²) in [5, 5.41) is 3.27. The molecule has 1 amide bonds. The summed E-state index contributed by atoms with van der Waals surface area (Å²) in [6.45, 7) is 9.73. The highest BCUT2D eigenvalue weighted by Gasteiger charge is 2.11. The van der Waals surface area contributed by atoms with Gasteiger partial charge in [-0.25, -0.2) is 4.98 Å². The van der Waals surface area contributed by atoms with Gasteiger partial charge in [0.1, 0.15) is 5.15 Å². The molecule has 0 atom stereocenters. The lowest BCUT2D eigenvalue weighted by Crippen LogP contribution is -2.36. The number of halogens is 1. The minimum atomic E-state index is -0.103. The maximum absolute atomic E-state index is 12.1. The number of carbonyl (C=O) groups is 1. The van der Waals surface area contributed by atoms with E-state index in [9.17, 15) is 4.79 Å². The molecule has 0 aliphatic heterocycles. The Morgan fingerprint density at radius 1 is 1.35 bits per heavy atom. The van der Waals surface area contributed by atoms with Crippen LogP contribution >= 0.6 is 11.6 Å². The van der Waals surface area contributed by atoms with Crippen molar-refractivity contribution < 1.29 is 4.79 Å². The van der Waals surface area contributed by atoms with E-state index in [0.29, 0.717) is 23.3 Å². The first kappa shape index (κ1) is 16.9. The molecule has 4 nitrogen and oxygen atoms in total. The first-order valence-electron chi connectivity index (χ1n) is 6.97. The SMILES string of the molecule is CC(C)c1cc(C(=O)NCCN(C)C(C)C)cc(Cl)n1. The van der Waals surface area contributed by atoms with Gasteiger partial charge in [-0.05, 0) is 38.9 Å². The van der Waals surface area contributed by atoms with Crippen LogP contribution in [0.25, 0.3) is 0 Å². The van der Waals surface area contributed by atoms with E-state index in [4.69, 9.17) is 11.6 Å². The van der Waals surface area contributed by atoms with Gasteiger partial charge in [0.05, 0.1) is 0 Å². The zero-order chi connectivity index (χ0) is 15.3. The molecule has 112 valence electrons. The second kappa shape index (κ2) is 7.60. The minimum absolute atomic E-state index is 0.103. The van der Waals surface area contributed by atoms with E-state index in [-0.39, 0.29) is 11.8 Å². The lowest BCUT2D eigenvalue weighted by Gasteiger charge is -2.20. The van der Waals surface area contributed by atoms with Gasteiger partial charge < -0.3 is 10.2 Å². The number of pyridine rings is 1. The molecule has 0 radical (unpaired) electrons. The van der Waals surface area contributed by atoms with Crippen molar-refractivity contribution in [1.29, 1.82) is 0 Å². The third kappa shape index (κ3) is 5.10. The minimum Gasteiger partial charge on any atom is -0.351 e. The van der Waals surface area contributed by atoms with Crippen LogP contribution in [-0.4, -0.2) is 42.0 Å². The fraction of sp³-hybridized carbons (Fsp3) is 0.600. The third-order valence-electron chi connectivity index (χ3n) is 3.30. The van der Waals surface area contributed by atoms with Crippen molar-refractivity contribution in [1.82, 2.24) is 15.2 Å². The Morgan fingerprint density at radius 3 is 2.55 bits per heavy atom. The Kier molecular flexibility index (Phi) is 6.43. The molecule has 1 rings (SSSR count). The molecule has 20 heavy (non-hydrogen) atoms. The summed E-state index contributed by atoms with van der Waals surface area (Å²) in [4.78, 5) is 18.5. The molecule has 1 N–H and O–H groups in total. The van der Waals surface area contributed by atoms with Crippen LogP contribution in [0.1, 0.15) is 49.7 Å². The maximum Gasteiger partial charge on any atom is 0.251 e. The molecule has 0 saturated heterocycles. The van der Waals surface area contributed by atoms with Gasteiger partial charge in [-0.15, -0.1) is 0 Å². The van der Waals surface area contributed by atoms with E-state index in [2.05, 4.69) is 29.0 Å². The quantitative estimate of drug-likeness (QED) is 0.821. The number of likely N-dealkylation sites (N-methyl/N-ethyl adjacent to an activating group) is 1. The van der Waals surface area contributed by atoms with E-state index in [1.54, 1.807) is 12.1 Å². The molecular weight excluding hydrogens is 274 g/mol. The second-order valence-corrected chi connectivity index (χ2v) is 5.98. The van der Waals surface area contributed by atoms with Crippen LogP contribution in [0.4, 0.5) is 0 Å². The zero-order valence-electron chi connectivity index (χ0n) is 12.9. The van der Waals surface area contributed by atoms with Crippen molar-refractivity contribution in [3.63, 3.8) is 0 Å². The third-order valence-corrected chi connectivity index (χ3v) is 3.49. The molecule has 0 fully saturated rings. The van der Waals surface area contributed by atoms with Gasteiger partial charge in [0.25, 0.3) is 5.91 Å². The summed E-state index contributed by atoms with van der Waals surface area (Å²) in [5.41, 5.74) is 1.41. The lowest BCUT2D eigenvalue weighted by atomic mass is 10.1. The van der Waals surface area contributed by atoms with Crippen molar-refractivity contribution in [2.24, 2.45) is 0 Å². The Hall–Kier alpha value is -1.13. The zero-order valence-corrected chi connectivity index (χ0v) is 13.7. The van der Waals surface area contributed by atoms with Gasteiger partial charge in [0.15, 0.2) is 0 Å². The second-order valence-electron chi connectivity index (χ2n) is 5.59. The van der Waals surface area contributed by atoms with Gasteiger partial charge in [-0.3, -0.25) is 4.79 Å². The monoisotopic (exact) mass is 297 g/mol. The van der Waals surface area contributed by atoms with Crippen molar-refractivity contribution in [3.05, 3.63) is 28.5 Å². The van der Waals surface area contributed by atoms with Crippen molar-refractivity contribution in [2.75, 3.05) is 20.1 Å². The number of nitrogens with one attached hydrogen (secondary N) is 1. The summed E-state index contributed by atoms with van der Waals surface area (Å²) in [6, 6.07) is 3.88. The molecular formula is C15H24ClN3O. The average Bonchev–Trinajstić information content (AvgIpc) is 2.37. The fourth-order valence-corrected chi connectivity index (χ4v) is 1.87. The standard InChI is InChI=1S/C15H24ClN3O/c1-10(2)13-8-12(9-14(16)18-13)15(20)17-6-7-19(5)11(3)4/h8-11H,6-7H2,1-5H3,(H,17,20). The van der Waals surface area contributed by atoms with Crippen LogP contribution in [0.2, 0.25) is 5.15 Å². The summed E-state index contributed by atoms with van der Waals surface area (Å²) < 4.78 is 0. The molecule has 0 bridgehead atoms. The molecule has 1 aromatic heterocycles. The lowest BCUT2D eigenvalue weighted by molar-refractivity contribution is 0.0948. The Morgan fingerprint density at radius 2 is 2.00 bits per heavy atom. The molecule has 1 heterocycles. The van der Waals surface area contributed by atoms with E-state index in [1.165, 1.54) is 0 Å². The number of hydrogen-bond acceptors (Lipinski definition) is 3. The van der Waals surface area contributed by atoms with E-state index < -0.39 is 0 Å². The van der Waals surface area contributed by atoms with Crippen molar-refractivity contribution >= 4 is 17.5 Å². The molecule has 0 spiro atoms. The normalized spacial score (nSPS) is 11.4. The molecule has 0 unspecified atom stereocenters. The molecule has 5 heteroatoms. The number of aromatic nitrogens is 1. The smallest absolute Gasteiger partial charge is 0.251 e. The topological polar surface area (TPSA) is 45.2 Å². The summed E-state index contributed by atoms with van der Waals surface area (Å²) >= 11 is 5.96. The summed E-state index contributed by atoms with van der Waals surface area (Å²) in [6.07, 6.45) is 0. The number of hydrogen-bond donors (Lipinski definition) is 1. The molecule has 0 aromatic carbocycles. The number of carbonyl (C=O) groups excluding carboxylic acids is 1. The van der Waals surface area contributed by atoms with Gasteiger partial charge in [0.2, 0.25) is 0 Å². The first-order chi connectivity index (χ1) is 9.31. The van der Waals surface area contributed by atoms with E-state index in [0.717, 1.165) is 12.2 Å². The molecule has 1 aromatic rings. The van der Waals surface area contributed by atoms with E-state index >= 15 is 0 Å². The van der Waals surface area contributed by atoms with Crippen LogP contribution in [0.3, 0.4) is 0 Å².